The molecule has 0 aliphatic carbocycles. The number of aromatic nitrogens is 1. The predicted octanol–water partition coefficient (Wildman–Crippen LogP) is 8.19. The van der Waals surface area contributed by atoms with Gasteiger partial charge < -0.3 is 4.74 Å². The van der Waals surface area contributed by atoms with E-state index >= 15 is 0 Å². The third-order valence-electron chi connectivity index (χ3n) is 6.76. The van der Waals surface area contributed by atoms with Crippen molar-refractivity contribution in [2.75, 3.05) is 6.61 Å². The van der Waals surface area contributed by atoms with E-state index in [-0.39, 0.29) is 24.8 Å². The molecule has 2 heterocycles. The fourth-order valence-corrected chi connectivity index (χ4v) is 7.62. The Morgan fingerprint density at radius 1 is 0.925 bits per heavy atom. The molecule has 202 valence electrons. The second kappa shape index (κ2) is 12.5. The number of rotatable bonds is 9. The third kappa shape index (κ3) is 6.07. The van der Waals surface area contributed by atoms with E-state index in [0.717, 1.165) is 25.7 Å². The molecule has 0 atom stereocenters. The zero-order chi connectivity index (χ0) is 28.2. The van der Waals surface area contributed by atoms with Crippen molar-refractivity contribution in [3.63, 3.8) is 0 Å². The highest BCUT2D eigenvalue weighted by Crippen LogP contribution is 2.41. The summed E-state index contributed by atoms with van der Waals surface area (Å²) in [5.41, 5.74) is 5.76. The SMILES string of the molecule is CCOC(=O)Cc1c(C(=O)c2ccc(Br)cc2)sc(SCc2c(C)ccc3ccccc23)c1-[n+]1ccc(C)cc1. The number of halogens is 1. The first kappa shape index (κ1) is 28.3. The second-order valence-electron chi connectivity index (χ2n) is 9.52. The Balaban J connectivity index is 1.65. The van der Waals surface area contributed by atoms with E-state index in [9.17, 15) is 9.59 Å². The van der Waals surface area contributed by atoms with Crippen LogP contribution in [-0.2, 0) is 21.7 Å². The van der Waals surface area contributed by atoms with Gasteiger partial charge in [0.25, 0.3) is 0 Å². The van der Waals surface area contributed by atoms with Crippen LogP contribution >= 0.6 is 39.0 Å². The van der Waals surface area contributed by atoms with Gasteiger partial charge in [-0.25, -0.2) is 0 Å². The lowest BCUT2D eigenvalue weighted by atomic mass is 10.0. The van der Waals surface area contributed by atoms with E-state index < -0.39 is 0 Å². The van der Waals surface area contributed by atoms with Crippen LogP contribution in [0.4, 0.5) is 0 Å². The van der Waals surface area contributed by atoms with Crippen molar-refractivity contribution >= 4 is 61.6 Å². The maximum atomic E-state index is 13.9. The number of aryl methyl sites for hydroxylation is 2. The van der Waals surface area contributed by atoms with Gasteiger partial charge in [-0.05, 0) is 72.5 Å². The summed E-state index contributed by atoms with van der Waals surface area (Å²) in [4.78, 5) is 27.3. The first-order chi connectivity index (χ1) is 19.4. The summed E-state index contributed by atoms with van der Waals surface area (Å²) in [6.45, 7) is 6.26. The van der Waals surface area contributed by atoms with Crippen LogP contribution in [-0.4, -0.2) is 18.4 Å². The van der Waals surface area contributed by atoms with Crippen molar-refractivity contribution in [1.29, 1.82) is 0 Å². The van der Waals surface area contributed by atoms with E-state index in [1.54, 1.807) is 18.7 Å². The molecule has 0 unspecified atom stereocenters. The molecule has 0 bridgehead atoms. The molecule has 5 rings (SSSR count). The summed E-state index contributed by atoms with van der Waals surface area (Å²) < 4.78 is 9.26. The fraction of sp³-hybridized carbons (Fsp3) is 0.182. The van der Waals surface area contributed by atoms with Crippen LogP contribution in [0.1, 0.15) is 44.4 Å². The number of ketones is 1. The number of hydrogen-bond donors (Lipinski definition) is 0. The molecular weight excluding hydrogens is 602 g/mol. The van der Waals surface area contributed by atoms with Gasteiger partial charge in [0.15, 0.2) is 12.4 Å². The summed E-state index contributed by atoms with van der Waals surface area (Å²) in [6, 6.07) is 24.2. The zero-order valence-electron chi connectivity index (χ0n) is 22.6. The van der Waals surface area contributed by atoms with E-state index in [2.05, 4.69) is 59.3 Å². The molecule has 0 radical (unpaired) electrons. The Morgan fingerprint density at radius 2 is 1.65 bits per heavy atom. The summed E-state index contributed by atoms with van der Waals surface area (Å²) in [5, 5.41) is 2.44. The van der Waals surface area contributed by atoms with Crippen molar-refractivity contribution in [2.24, 2.45) is 0 Å². The lowest BCUT2D eigenvalue weighted by Crippen LogP contribution is -2.31. The molecule has 4 nitrogen and oxygen atoms in total. The molecular formula is C33H29BrNO3S2+. The van der Waals surface area contributed by atoms with Gasteiger partial charge in [0.05, 0.1) is 23.5 Å². The highest BCUT2D eigenvalue weighted by Gasteiger charge is 2.32. The zero-order valence-corrected chi connectivity index (χ0v) is 25.8. The van der Waals surface area contributed by atoms with Gasteiger partial charge in [-0.15, -0.1) is 23.1 Å². The number of thiophene rings is 1. The Bertz CT molecular complexity index is 1690. The number of benzene rings is 3. The van der Waals surface area contributed by atoms with Gasteiger partial charge in [-0.2, -0.15) is 4.57 Å². The average Bonchev–Trinajstić information content (AvgIpc) is 3.30. The van der Waals surface area contributed by atoms with Crippen molar-refractivity contribution in [2.45, 2.75) is 37.2 Å². The standard InChI is InChI=1S/C33H29BrNO3S2/c1-4-38-29(36)19-27-30(35-17-15-21(2)16-18-35)33(40-32(27)31(37)24-11-13-25(34)14-12-24)39-20-28-22(3)9-10-23-7-5-6-8-26(23)28/h5-18H,4,19-20H2,1-3H3/q+1. The largest absolute Gasteiger partial charge is 0.466 e. The number of carbonyl (C=O) groups is 2. The number of nitrogens with zero attached hydrogens (tertiary/aromatic N) is 1. The molecule has 0 N–H and O–H groups in total. The van der Waals surface area contributed by atoms with Crippen molar-refractivity contribution in [3.8, 4) is 5.69 Å². The van der Waals surface area contributed by atoms with E-state index in [4.69, 9.17) is 4.74 Å². The van der Waals surface area contributed by atoms with Gasteiger partial charge >= 0.3 is 5.97 Å². The van der Waals surface area contributed by atoms with Crippen LogP contribution in [0.2, 0.25) is 0 Å². The van der Waals surface area contributed by atoms with Crippen LogP contribution in [0.15, 0.2) is 93.9 Å². The first-order valence-corrected chi connectivity index (χ1v) is 15.6. The van der Waals surface area contributed by atoms with E-state index in [0.29, 0.717) is 16.0 Å². The third-order valence-corrected chi connectivity index (χ3v) is 9.80. The van der Waals surface area contributed by atoms with Crippen LogP contribution in [0.5, 0.6) is 0 Å². The topological polar surface area (TPSA) is 47.3 Å². The Labute approximate surface area is 251 Å². The van der Waals surface area contributed by atoms with Crippen molar-refractivity contribution in [3.05, 3.63) is 122 Å². The quantitative estimate of drug-likeness (QED) is 0.0713. The fourth-order valence-electron chi connectivity index (χ4n) is 4.65. The average molecular weight is 632 g/mol. The number of esters is 1. The highest BCUT2D eigenvalue weighted by molar-refractivity contribution is 9.10. The molecule has 5 aromatic rings. The summed E-state index contributed by atoms with van der Waals surface area (Å²) in [5.74, 6) is 0.289. The van der Waals surface area contributed by atoms with Crippen molar-refractivity contribution < 1.29 is 18.9 Å². The normalized spacial score (nSPS) is 11.1. The van der Waals surface area contributed by atoms with Crippen LogP contribution < -0.4 is 4.57 Å². The molecule has 0 spiro atoms. The molecule has 0 aliphatic heterocycles. The summed E-state index contributed by atoms with van der Waals surface area (Å²) in [6.07, 6.45) is 4.01. The number of thioether (sulfide) groups is 1. The lowest BCUT2D eigenvalue weighted by molar-refractivity contribution is -0.598. The number of carbonyl (C=O) groups excluding carboxylic acids is 2. The maximum absolute atomic E-state index is 13.9. The molecule has 40 heavy (non-hydrogen) atoms. The summed E-state index contributed by atoms with van der Waals surface area (Å²) >= 11 is 6.62. The monoisotopic (exact) mass is 630 g/mol. The molecule has 2 aromatic heterocycles. The minimum atomic E-state index is -0.347. The van der Waals surface area contributed by atoms with Crippen LogP contribution in [0, 0.1) is 13.8 Å². The smallest absolute Gasteiger partial charge is 0.310 e. The summed E-state index contributed by atoms with van der Waals surface area (Å²) in [7, 11) is 0. The predicted molar refractivity (Wildman–Crippen MR) is 167 cm³/mol. The van der Waals surface area contributed by atoms with Gasteiger partial charge in [-0.1, -0.05) is 52.3 Å². The highest BCUT2D eigenvalue weighted by atomic mass is 79.9. The van der Waals surface area contributed by atoms with Crippen molar-refractivity contribution in [1.82, 2.24) is 0 Å². The molecule has 0 fully saturated rings. The Kier molecular flexibility index (Phi) is 8.84. The van der Waals surface area contributed by atoms with Gasteiger partial charge in [0.1, 0.15) is 4.21 Å². The molecule has 0 amide bonds. The van der Waals surface area contributed by atoms with Gasteiger partial charge in [0, 0.05) is 27.9 Å². The number of fused-ring (bicyclic) bond motifs is 1. The maximum Gasteiger partial charge on any atom is 0.310 e. The number of pyridine rings is 1. The molecule has 3 aromatic carbocycles. The number of hydrogen-bond acceptors (Lipinski definition) is 5. The molecule has 0 aliphatic rings. The van der Waals surface area contributed by atoms with Gasteiger partial charge in [-0.3, -0.25) is 9.59 Å². The first-order valence-electron chi connectivity index (χ1n) is 13.1. The van der Waals surface area contributed by atoms with E-state index in [1.165, 1.54) is 33.2 Å². The molecule has 7 heteroatoms. The minimum absolute atomic E-state index is 0.0198. The van der Waals surface area contributed by atoms with Gasteiger partial charge in [0.2, 0.25) is 11.5 Å². The molecule has 0 saturated carbocycles. The Morgan fingerprint density at radius 3 is 2.38 bits per heavy atom. The number of ether oxygens (including phenoxy) is 1. The van der Waals surface area contributed by atoms with E-state index in [1.807, 2.05) is 60.3 Å². The lowest BCUT2D eigenvalue weighted by Gasteiger charge is -2.10. The minimum Gasteiger partial charge on any atom is -0.466 e. The van der Waals surface area contributed by atoms with Crippen LogP contribution in [0.3, 0.4) is 0 Å². The van der Waals surface area contributed by atoms with Crippen LogP contribution in [0.25, 0.3) is 16.5 Å². The second-order valence-corrected chi connectivity index (χ2v) is 12.7. The Hall–Kier alpha value is -3.26. The molecule has 0 saturated heterocycles.